The molecule has 6 heteroatoms. The van der Waals surface area contributed by atoms with Gasteiger partial charge >= 0.3 is 6.09 Å². The molecule has 6 nitrogen and oxygen atoms in total. The maximum atomic E-state index is 13.3. The molecular formula is C22H26N2O4. The molecule has 148 valence electrons. The van der Waals surface area contributed by atoms with Crippen LogP contribution in [0.1, 0.15) is 32.8 Å². The van der Waals surface area contributed by atoms with Gasteiger partial charge in [0.05, 0.1) is 18.8 Å². The Labute approximate surface area is 165 Å². The molecule has 4 rings (SSSR count). The minimum Gasteiger partial charge on any atom is -0.444 e. The van der Waals surface area contributed by atoms with Crippen LogP contribution < -0.4 is 5.32 Å². The third-order valence-electron chi connectivity index (χ3n) is 5.20. The molecule has 1 aromatic rings. The Morgan fingerprint density at radius 3 is 2.71 bits per heavy atom. The molecule has 1 aromatic carbocycles. The van der Waals surface area contributed by atoms with Crippen molar-refractivity contribution in [2.75, 3.05) is 0 Å². The van der Waals surface area contributed by atoms with Crippen LogP contribution in [0.2, 0.25) is 0 Å². The summed E-state index contributed by atoms with van der Waals surface area (Å²) < 4.78 is 11.4. The van der Waals surface area contributed by atoms with E-state index in [1.165, 1.54) is 0 Å². The number of ether oxygens (including phenoxy) is 2. The number of hydrogen-bond donors (Lipinski definition) is 1. The molecule has 0 unspecified atom stereocenters. The number of hydrogen-bond acceptors (Lipinski definition) is 4. The zero-order valence-corrected chi connectivity index (χ0v) is 16.4. The second kappa shape index (κ2) is 7.09. The van der Waals surface area contributed by atoms with Gasteiger partial charge in [0.15, 0.2) is 0 Å². The van der Waals surface area contributed by atoms with Crippen LogP contribution in [0, 0.1) is 5.92 Å². The van der Waals surface area contributed by atoms with Gasteiger partial charge in [-0.05, 0) is 38.3 Å². The SMILES string of the molecule is CC(C)(C)OC(=O)N[C@@H]1C[C@@H]2C(=CN(Cc3ccccc3)C1=O)[C@@H]1C=C[C@H]2O1. The van der Waals surface area contributed by atoms with Crippen molar-refractivity contribution in [2.24, 2.45) is 5.92 Å². The molecule has 3 aliphatic rings. The molecule has 28 heavy (non-hydrogen) atoms. The van der Waals surface area contributed by atoms with Crippen molar-refractivity contribution in [1.82, 2.24) is 10.2 Å². The van der Waals surface area contributed by atoms with Gasteiger partial charge in [-0.25, -0.2) is 4.79 Å². The lowest BCUT2D eigenvalue weighted by Gasteiger charge is -2.26. The van der Waals surface area contributed by atoms with E-state index >= 15 is 0 Å². The molecule has 0 saturated carbocycles. The van der Waals surface area contributed by atoms with Crippen molar-refractivity contribution in [1.29, 1.82) is 0 Å². The molecule has 0 aromatic heterocycles. The highest BCUT2D eigenvalue weighted by Gasteiger charge is 2.46. The smallest absolute Gasteiger partial charge is 0.408 e. The Hall–Kier alpha value is -2.60. The van der Waals surface area contributed by atoms with Crippen LogP contribution in [-0.2, 0) is 20.8 Å². The van der Waals surface area contributed by atoms with E-state index in [0.717, 1.165) is 11.1 Å². The maximum Gasteiger partial charge on any atom is 0.408 e. The normalized spacial score (nSPS) is 28.6. The molecule has 0 radical (unpaired) electrons. The Bertz CT molecular complexity index is 825. The van der Waals surface area contributed by atoms with Gasteiger partial charge in [-0.15, -0.1) is 0 Å². The largest absolute Gasteiger partial charge is 0.444 e. The van der Waals surface area contributed by atoms with Crippen molar-refractivity contribution in [2.45, 2.75) is 57.6 Å². The van der Waals surface area contributed by atoms with Gasteiger partial charge in [-0.3, -0.25) is 4.79 Å². The number of alkyl carbamates (subject to hydrolysis) is 1. The molecule has 1 saturated heterocycles. The summed E-state index contributed by atoms with van der Waals surface area (Å²) in [5.41, 5.74) is 1.51. The molecule has 3 aliphatic heterocycles. The zero-order valence-electron chi connectivity index (χ0n) is 16.4. The monoisotopic (exact) mass is 382 g/mol. The summed E-state index contributed by atoms with van der Waals surface area (Å²) in [6.45, 7) is 5.86. The van der Waals surface area contributed by atoms with Gasteiger partial charge in [0, 0.05) is 12.1 Å². The Morgan fingerprint density at radius 1 is 1.25 bits per heavy atom. The van der Waals surface area contributed by atoms with E-state index in [-0.39, 0.29) is 24.0 Å². The topological polar surface area (TPSA) is 67.9 Å². The molecule has 1 fully saturated rings. The first-order valence-electron chi connectivity index (χ1n) is 9.69. The van der Waals surface area contributed by atoms with Crippen LogP contribution in [0.4, 0.5) is 4.79 Å². The molecule has 2 bridgehead atoms. The summed E-state index contributed by atoms with van der Waals surface area (Å²) in [5.74, 6) is -0.0457. The fraction of sp³-hybridized carbons (Fsp3) is 0.455. The molecule has 2 amide bonds. The van der Waals surface area contributed by atoms with E-state index in [9.17, 15) is 9.59 Å². The number of benzene rings is 1. The fourth-order valence-corrected chi connectivity index (χ4v) is 4.00. The molecule has 0 aliphatic carbocycles. The molecule has 1 N–H and O–H groups in total. The van der Waals surface area contributed by atoms with E-state index in [2.05, 4.69) is 11.4 Å². The first kappa shape index (κ1) is 18.7. The van der Waals surface area contributed by atoms with Crippen LogP contribution in [0.25, 0.3) is 0 Å². The van der Waals surface area contributed by atoms with Gasteiger partial charge in [0.1, 0.15) is 11.6 Å². The van der Waals surface area contributed by atoms with Crippen molar-refractivity contribution in [3.05, 3.63) is 59.8 Å². The van der Waals surface area contributed by atoms with Gasteiger partial charge in [0.2, 0.25) is 5.91 Å². The van der Waals surface area contributed by atoms with E-state index in [0.29, 0.717) is 13.0 Å². The number of rotatable bonds is 3. The van der Waals surface area contributed by atoms with Crippen molar-refractivity contribution < 1.29 is 19.1 Å². The molecule has 4 atom stereocenters. The number of carbonyl (C=O) groups is 2. The minimum absolute atomic E-state index is 0.0383. The third kappa shape index (κ3) is 3.83. The van der Waals surface area contributed by atoms with Crippen molar-refractivity contribution in [3.8, 4) is 0 Å². The average Bonchev–Trinajstić information content (AvgIpc) is 3.18. The summed E-state index contributed by atoms with van der Waals surface area (Å²) >= 11 is 0. The Balaban J connectivity index is 1.59. The molecular weight excluding hydrogens is 356 g/mol. The minimum atomic E-state index is -0.659. The number of nitrogens with one attached hydrogen (secondary N) is 1. The lowest BCUT2D eigenvalue weighted by atomic mass is 9.85. The Morgan fingerprint density at radius 2 is 2.00 bits per heavy atom. The van der Waals surface area contributed by atoms with Crippen LogP contribution in [0.3, 0.4) is 0 Å². The molecule has 3 heterocycles. The quantitative estimate of drug-likeness (QED) is 0.816. The van der Waals surface area contributed by atoms with Crippen LogP contribution >= 0.6 is 0 Å². The van der Waals surface area contributed by atoms with E-state index in [1.807, 2.05) is 42.6 Å². The number of fused-ring (bicyclic) bond motifs is 5. The van der Waals surface area contributed by atoms with E-state index in [4.69, 9.17) is 9.47 Å². The average molecular weight is 382 g/mol. The first-order chi connectivity index (χ1) is 13.3. The summed E-state index contributed by atoms with van der Waals surface area (Å²) in [5, 5.41) is 2.79. The summed E-state index contributed by atoms with van der Waals surface area (Å²) in [4.78, 5) is 27.3. The zero-order chi connectivity index (χ0) is 19.9. The Kier molecular flexibility index (Phi) is 4.75. The lowest BCUT2D eigenvalue weighted by Crippen LogP contribution is -2.48. The number of carbonyl (C=O) groups excluding carboxylic acids is 2. The summed E-state index contributed by atoms with van der Waals surface area (Å²) in [6.07, 6.45) is 5.82. The summed E-state index contributed by atoms with van der Waals surface area (Å²) in [6, 6.07) is 9.17. The van der Waals surface area contributed by atoms with Crippen LogP contribution in [0.15, 0.2) is 54.3 Å². The third-order valence-corrected chi connectivity index (χ3v) is 5.20. The number of amides is 2. The van der Waals surface area contributed by atoms with Gasteiger partial charge in [-0.1, -0.05) is 42.5 Å². The highest BCUT2D eigenvalue weighted by Crippen LogP contribution is 2.42. The highest BCUT2D eigenvalue weighted by atomic mass is 16.6. The van der Waals surface area contributed by atoms with Crippen LogP contribution in [0.5, 0.6) is 0 Å². The first-order valence-corrected chi connectivity index (χ1v) is 9.69. The highest BCUT2D eigenvalue weighted by molar-refractivity contribution is 5.87. The predicted molar refractivity (Wildman–Crippen MR) is 104 cm³/mol. The fourth-order valence-electron chi connectivity index (χ4n) is 4.00. The predicted octanol–water partition coefficient (Wildman–Crippen LogP) is 3.15. The lowest BCUT2D eigenvalue weighted by molar-refractivity contribution is -0.131. The van der Waals surface area contributed by atoms with Gasteiger partial charge in [-0.2, -0.15) is 0 Å². The standard InChI is InChI=1S/C22H26N2O4/c1-22(2,3)28-21(26)23-17-11-15-16(19-10-9-18(15)27-19)13-24(20(17)25)12-14-7-5-4-6-8-14/h4-10,13,15,17-19H,11-12H2,1-3H3,(H,23,26)/t15-,17-,18-,19+/m1/s1. The number of nitrogens with zero attached hydrogens (tertiary/aromatic N) is 1. The second-order valence-electron chi connectivity index (χ2n) is 8.53. The van der Waals surface area contributed by atoms with Crippen LogP contribution in [-0.4, -0.2) is 40.8 Å². The molecule has 0 spiro atoms. The van der Waals surface area contributed by atoms with E-state index in [1.54, 1.807) is 25.7 Å². The van der Waals surface area contributed by atoms with Crippen molar-refractivity contribution >= 4 is 12.0 Å². The van der Waals surface area contributed by atoms with Gasteiger partial charge < -0.3 is 19.7 Å². The maximum absolute atomic E-state index is 13.3. The van der Waals surface area contributed by atoms with E-state index < -0.39 is 17.7 Å². The second-order valence-corrected chi connectivity index (χ2v) is 8.53. The van der Waals surface area contributed by atoms with Crippen molar-refractivity contribution in [3.63, 3.8) is 0 Å². The summed E-state index contributed by atoms with van der Waals surface area (Å²) in [7, 11) is 0. The van der Waals surface area contributed by atoms with Gasteiger partial charge in [0.25, 0.3) is 0 Å².